The molecular weight excluding hydrogens is 474 g/mol. The van der Waals surface area contributed by atoms with Crippen molar-refractivity contribution in [1.82, 2.24) is 5.32 Å². The summed E-state index contributed by atoms with van der Waals surface area (Å²) in [5.41, 5.74) is 0.387. The second kappa shape index (κ2) is 11.1. The van der Waals surface area contributed by atoms with Crippen molar-refractivity contribution in [1.29, 1.82) is 0 Å². The predicted molar refractivity (Wildman–Crippen MR) is 144 cm³/mol. The second-order valence-corrected chi connectivity index (χ2v) is 14.2. The highest BCUT2D eigenvalue weighted by Gasteiger charge is 2.62. The lowest BCUT2D eigenvalue weighted by Crippen LogP contribution is -2.58. The molecule has 0 aromatic carbocycles. The molecule has 0 bridgehead atoms. The van der Waals surface area contributed by atoms with Crippen LogP contribution < -0.4 is 5.32 Å². The minimum Gasteiger partial charge on any atom is -0.480 e. The normalized spacial score (nSPS) is 43.6. The SMILES string of the molecule is CSCC[C@H](NC(=O)CC[C@@H](C)[C@H]1CC[C@H]2[C@@H]3C[C@H](O)[C@@H]4C[C@H](O)CC[C@]4(C)[C@H]3CC[C@]12C)C(=O)O. The Morgan fingerprint density at radius 2 is 1.67 bits per heavy atom. The first-order valence-corrected chi connectivity index (χ1v) is 15.8. The van der Waals surface area contributed by atoms with Crippen molar-refractivity contribution in [3.8, 4) is 0 Å². The van der Waals surface area contributed by atoms with Gasteiger partial charge in [-0.05, 0) is 123 Å². The molecule has 0 unspecified atom stereocenters. The maximum absolute atomic E-state index is 12.6. The lowest BCUT2D eigenvalue weighted by atomic mass is 9.44. The number of thioether (sulfide) groups is 1. The van der Waals surface area contributed by atoms with E-state index in [0.717, 1.165) is 32.1 Å². The maximum atomic E-state index is 12.6. The summed E-state index contributed by atoms with van der Waals surface area (Å²) in [6, 6.07) is -0.798. The van der Waals surface area contributed by atoms with Crippen LogP contribution in [0, 0.1) is 46.3 Å². The number of aliphatic carboxylic acids is 1. The minimum absolute atomic E-state index is 0.141. The van der Waals surface area contributed by atoms with E-state index in [1.165, 1.54) is 25.7 Å². The summed E-state index contributed by atoms with van der Waals surface area (Å²) in [5, 5.41) is 33.7. The van der Waals surface area contributed by atoms with Gasteiger partial charge in [-0.25, -0.2) is 4.79 Å². The molecule has 4 aliphatic carbocycles. The summed E-state index contributed by atoms with van der Waals surface area (Å²) in [4.78, 5) is 24.1. The molecule has 0 spiro atoms. The minimum atomic E-state index is -0.952. The molecule has 4 aliphatic rings. The number of carboxylic acids is 1. The molecule has 0 aliphatic heterocycles. The highest BCUT2D eigenvalue weighted by Crippen LogP contribution is 2.68. The van der Waals surface area contributed by atoms with E-state index >= 15 is 0 Å². The molecule has 4 N–H and O–H groups in total. The van der Waals surface area contributed by atoms with Gasteiger partial charge in [0.25, 0.3) is 0 Å². The van der Waals surface area contributed by atoms with E-state index in [0.29, 0.717) is 48.2 Å². The van der Waals surface area contributed by atoms with Gasteiger partial charge in [0.2, 0.25) is 5.91 Å². The van der Waals surface area contributed by atoms with E-state index in [4.69, 9.17) is 0 Å². The van der Waals surface area contributed by atoms with Crippen molar-refractivity contribution in [3.05, 3.63) is 0 Å². The van der Waals surface area contributed by atoms with E-state index < -0.39 is 12.0 Å². The van der Waals surface area contributed by atoms with E-state index in [9.17, 15) is 24.9 Å². The Labute approximate surface area is 221 Å². The number of hydrogen-bond acceptors (Lipinski definition) is 5. The summed E-state index contributed by atoms with van der Waals surface area (Å²) in [6.07, 6.45) is 11.4. The quantitative estimate of drug-likeness (QED) is 0.349. The van der Waals surface area contributed by atoms with Gasteiger partial charge in [-0.3, -0.25) is 4.79 Å². The monoisotopic (exact) mass is 523 g/mol. The number of carbonyl (C=O) groups is 2. The molecular formula is C29H49NO5S. The Balaban J connectivity index is 1.38. The fourth-order valence-electron chi connectivity index (χ4n) is 9.57. The van der Waals surface area contributed by atoms with Crippen LogP contribution in [0.2, 0.25) is 0 Å². The third-order valence-corrected chi connectivity index (χ3v) is 12.1. The van der Waals surface area contributed by atoms with Crippen molar-refractivity contribution in [2.24, 2.45) is 46.3 Å². The third-order valence-electron chi connectivity index (χ3n) is 11.5. The van der Waals surface area contributed by atoms with E-state index in [-0.39, 0.29) is 34.9 Å². The molecule has 0 aromatic rings. The molecule has 0 aromatic heterocycles. The third kappa shape index (κ3) is 5.22. The number of carbonyl (C=O) groups excluding carboxylic acids is 1. The van der Waals surface area contributed by atoms with E-state index in [2.05, 4.69) is 26.1 Å². The first-order valence-electron chi connectivity index (χ1n) is 14.4. The molecule has 11 atom stereocenters. The standard InChI is InChI=1S/C29H49NO5S/c1-17(5-8-26(33)30-24(27(34)35)11-14-36-4)20-6-7-21-19-16-25(32)23-15-18(31)9-12-29(23,3)22(19)10-13-28(20,21)2/h17-25,31-32H,5-16H2,1-4H3,(H,30,33)(H,34,35)/t17-,18-,19+,20-,21+,22+,23+,24+,25+,28-,29-/m1/s1. The van der Waals surface area contributed by atoms with Crippen molar-refractivity contribution in [2.75, 3.05) is 12.0 Å². The summed E-state index contributed by atoms with van der Waals surface area (Å²) in [7, 11) is 0. The first-order chi connectivity index (χ1) is 17.0. The molecule has 0 saturated heterocycles. The maximum Gasteiger partial charge on any atom is 0.326 e. The molecule has 7 heteroatoms. The zero-order valence-corrected chi connectivity index (χ0v) is 23.6. The summed E-state index contributed by atoms with van der Waals surface area (Å²) in [5.74, 6) is 2.66. The molecule has 206 valence electrons. The van der Waals surface area contributed by atoms with Crippen LogP contribution in [0.3, 0.4) is 0 Å². The Morgan fingerprint density at radius 1 is 0.972 bits per heavy atom. The average Bonchev–Trinajstić information content (AvgIpc) is 3.18. The van der Waals surface area contributed by atoms with Crippen molar-refractivity contribution in [3.63, 3.8) is 0 Å². The van der Waals surface area contributed by atoms with Crippen LogP contribution in [0.5, 0.6) is 0 Å². The van der Waals surface area contributed by atoms with E-state index in [1.54, 1.807) is 11.8 Å². The lowest BCUT2D eigenvalue weighted by molar-refractivity contribution is -0.172. The van der Waals surface area contributed by atoms with Gasteiger partial charge >= 0.3 is 5.97 Å². The molecule has 4 saturated carbocycles. The van der Waals surface area contributed by atoms with Gasteiger partial charge in [0.15, 0.2) is 0 Å². The van der Waals surface area contributed by atoms with Crippen LogP contribution in [-0.4, -0.2) is 57.5 Å². The lowest BCUT2D eigenvalue weighted by Gasteiger charge is -2.62. The number of rotatable bonds is 9. The number of carboxylic acid groups (broad SMARTS) is 1. The average molecular weight is 524 g/mol. The fourth-order valence-corrected chi connectivity index (χ4v) is 10.0. The number of hydrogen-bond donors (Lipinski definition) is 4. The Kier molecular flexibility index (Phi) is 8.73. The highest BCUT2D eigenvalue weighted by atomic mass is 32.2. The zero-order valence-electron chi connectivity index (χ0n) is 22.7. The molecule has 6 nitrogen and oxygen atoms in total. The predicted octanol–water partition coefficient (Wildman–Crippen LogP) is 4.72. The number of fused-ring (bicyclic) bond motifs is 5. The van der Waals surface area contributed by atoms with Crippen LogP contribution in [0.1, 0.15) is 91.4 Å². The highest BCUT2D eigenvalue weighted by molar-refractivity contribution is 7.98. The van der Waals surface area contributed by atoms with Crippen molar-refractivity contribution >= 4 is 23.6 Å². The van der Waals surface area contributed by atoms with Gasteiger partial charge in [-0.15, -0.1) is 0 Å². The van der Waals surface area contributed by atoms with Gasteiger partial charge in [-0.2, -0.15) is 11.8 Å². The molecule has 4 rings (SSSR count). The molecule has 0 heterocycles. The fraction of sp³-hybridized carbons (Fsp3) is 0.931. The Hall–Kier alpha value is -0.790. The molecule has 4 fully saturated rings. The second-order valence-electron chi connectivity index (χ2n) is 13.2. The number of nitrogens with one attached hydrogen (secondary N) is 1. The smallest absolute Gasteiger partial charge is 0.326 e. The van der Waals surface area contributed by atoms with Crippen LogP contribution in [-0.2, 0) is 9.59 Å². The van der Waals surface area contributed by atoms with Gasteiger partial charge < -0.3 is 20.6 Å². The van der Waals surface area contributed by atoms with Gasteiger partial charge in [0.1, 0.15) is 6.04 Å². The van der Waals surface area contributed by atoms with Crippen LogP contribution in [0.25, 0.3) is 0 Å². The van der Waals surface area contributed by atoms with Crippen molar-refractivity contribution in [2.45, 2.75) is 110 Å². The molecule has 1 amide bonds. The zero-order chi connectivity index (χ0) is 26.3. The van der Waals surface area contributed by atoms with Crippen molar-refractivity contribution < 1.29 is 24.9 Å². The first kappa shape index (κ1) is 28.2. The Bertz CT molecular complexity index is 809. The topological polar surface area (TPSA) is 107 Å². The largest absolute Gasteiger partial charge is 0.480 e. The van der Waals surface area contributed by atoms with Gasteiger partial charge in [0, 0.05) is 6.42 Å². The number of aliphatic hydroxyl groups is 2. The summed E-state index contributed by atoms with van der Waals surface area (Å²) in [6.45, 7) is 7.18. The molecule has 36 heavy (non-hydrogen) atoms. The summed E-state index contributed by atoms with van der Waals surface area (Å²) >= 11 is 1.59. The van der Waals surface area contributed by atoms with Crippen LogP contribution in [0.15, 0.2) is 0 Å². The van der Waals surface area contributed by atoms with Gasteiger partial charge in [-0.1, -0.05) is 20.8 Å². The van der Waals surface area contributed by atoms with Gasteiger partial charge in [0.05, 0.1) is 12.2 Å². The molecule has 0 radical (unpaired) electrons. The van der Waals surface area contributed by atoms with Crippen LogP contribution in [0.4, 0.5) is 0 Å². The summed E-state index contributed by atoms with van der Waals surface area (Å²) < 4.78 is 0. The number of aliphatic hydroxyl groups excluding tert-OH is 2. The van der Waals surface area contributed by atoms with Crippen LogP contribution >= 0.6 is 11.8 Å². The van der Waals surface area contributed by atoms with E-state index in [1.807, 2.05) is 6.26 Å². The Morgan fingerprint density at radius 3 is 2.36 bits per heavy atom. The number of amides is 1.